The molecule has 0 radical (unpaired) electrons. The van der Waals surface area contributed by atoms with E-state index in [-0.39, 0.29) is 10.8 Å². The molecule has 0 amide bonds. The topological polar surface area (TPSA) is 17.1 Å². The molecule has 0 fully saturated rings. The second-order valence-corrected chi connectivity index (χ2v) is 6.14. The van der Waals surface area contributed by atoms with Crippen molar-refractivity contribution in [3.8, 4) is 0 Å². The minimum absolute atomic E-state index is 0.181. The normalized spacial score (nSPS) is 15.6. The molecule has 1 nitrogen and oxygen atoms in total. The van der Waals surface area contributed by atoms with Crippen molar-refractivity contribution in [3.63, 3.8) is 0 Å². The summed E-state index contributed by atoms with van der Waals surface area (Å²) in [5.41, 5.74) is 0.0560. The van der Waals surface area contributed by atoms with E-state index in [1.165, 1.54) is 0 Å². The summed E-state index contributed by atoms with van der Waals surface area (Å²) in [7, 11) is 0. The lowest BCUT2D eigenvalue weighted by Crippen LogP contribution is -2.27. The van der Waals surface area contributed by atoms with Gasteiger partial charge in [-0.05, 0) is 11.3 Å². The molecule has 0 spiro atoms. The van der Waals surface area contributed by atoms with Gasteiger partial charge in [-0.1, -0.05) is 48.5 Å². The zero-order chi connectivity index (χ0) is 10.9. The molecule has 0 saturated heterocycles. The van der Waals surface area contributed by atoms with E-state index in [0.717, 1.165) is 0 Å². The SMILES string of the molecule is CC(CC(=O)C(C)(C)C)C(C)(C)C. The molecule has 0 saturated carbocycles. The Hall–Kier alpha value is -0.330. The molecule has 0 aromatic heterocycles. The number of hydrogen-bond acceptors (Lipinski definition) is 1. The Bertz CT molecular complexity index is 178. The average molecular weight is 184 g/mol. The number of carbonyl (C=O) groups excluding carboxylic acids is 1. The molecule has 0 aromatic rings. The minimum atomic E-state index is -0.181. The third kappa shape index (κ3) is 4.44. The smallest absolute Gasteiger partial charge is 0.138 e. The lowest BCUT2D eigenvalue weighted by molar-refractivity contribution is -0.127. The standard InChI is InChI=1S/C12H24O/c1-9(11(2,3)4)8-10(13)12(5,6)7/h9H,8H2,1-7H3. The van der Waals surface area contributed by atoms with Gasteiger partial charge in [0.15, 0.2) is 0 Å². The van der Waals surface area contributed by atoms with E-state index in [1.807, 2.05) is 20.8 Å². The van der Waals surface area contributed by atoms with Crippen LogP contribution in [0.5, 0.6) is 0 Å². The summed E-state index contributed by atoms with van der Waals surface area (Å²) in [5.74, 6) is 0.828. The van der Waals surface area contributed by atoms with Crippen molar-refractivity contribution in [3.05, 3.63) is 0 Å². The van der Waals surface area contributed by atoms with Gasteiger partial charge in [0.2, 0.25) is 0 Å². The highest BCUT2D eigenvalue weighted by Gasteiger charge is 2.28. The quantitative estimate of drug-likeness (QED) is 0.640. The highest BCUT2D eigenvalue weighted by atomic mass is 16.1. The highest BCUT2D eigenvalue weighted by molar-refractivity contribution is 5.83. The summed E-state index contributed by atoms with van der Waals surface area (Å²) in [5, 5.41) is 0. The van der Waals surface area contributed by atoms with Crippen LogP contribution in [0.2, 0.25) is 0 Å². The van der Waals surface area contributed by atoms with E-state index >= 15 is 0 Å². The second-order valence-electron chi connectivity index (χ2n) is 6.14. The number of rotatable bonds is 2. The number of Topliss-reactive ketones (excluding diaryl/α,β-unsaturated/α-hetero) is 1. The first-order chi connectivity index (χ1) is 5.55. The fraction of sp³-hybridized carbons (Fsp3) is 0.917. The molecule has 0 heterocycles. The van der Waals surface area contributed by atoms with Gasteiger partial charge in [0, 0.05) is 11.8 Å². The molecule has 0 aliphatic carbocycles. The van der Waals surface area contributed by atoms with Gasteiger partial charge in [0.05, 0.1) is 0 Å². The van der Waals surface area contributed by atoms with Gasteiger partial charge >= 0.3 is 0 Å². The summed E-state index contributed by atoms with van der Waals surface area (Å²) >= 11 is 0. The Morgan fingerprint density at radius 2 is 1.46 bits per heavy atom. The predicted molar refractivity (Wildman–Crippen MR) is 57.7 cm³/mol. The molecular formula is C12H24O. The first-order valence-electron chi connectivity index (χ1n) is 5.08. The summed E-state index contributed by atoms with van der Waals surface area (Å²) in [4.78, 5) is 11.7. The van der Waals surface area contributed by atoms with Crippen LogP contribution >= 0.6 is 0 Å². The molecule has 1 heteroatoms. The van der Waals surface area contributed by atoms with Crippen LogP contribution in [0.3, 0.4) is 0 Å². The fourth-order valence-electron chi connectivity index (χ4n) is 0.890. The van der Waals surface area contributed by atoms with Gasteiger partial charge in [-0.3, -0.25) is 4.79 Å². The monoisotopic (exact) mass is 184 g/mol. The Balaban J connectivity index is 4.24. The zero-order valence-electron chi connectivity index (χ0n) is 10.2. The minimum Gasteiger partial charge on any atom is -0.299 e. The van der Waals surface area contributed by atoms with E-state index in [2.05, 4.69) is 27.7 Å². The first kappa shape index (κ1) is 12.7. The van der Waals surface area contributed by atoms with E-state index in [1.54, 1.807) is 0 Å². The average Bonchev–Trinajstić information content (AvgIpc) is 1.82. The molecule has 13 heavy (non-hydrogen) atoms. The van der Waals surface area contributed by atoms with Crippen molar-refractivity contribution in [1.82, 2.24) is 0 Å². The van der Waals surface area contributed by atoms with Crippen molar-refractivity contribution in [2.45, 2.75) is 54.9 Å². The van der Waals surface area contributed by atoms with Crippen LogP contribution in [-0.4, -0.2) is 5.78 Å². The highest BCUT2D eigenvalue weighted by Crippen LogP contribution is 2.31. The van der Waals surface area contributed by atoms with E-state index in [9.17, 15) is 4.79 Å². The molecular weight excluding hydrogens is 160 g/mol. The van der Waals surface area contributed by atoms with Crippen LogP contribution in [0.1, 0.15) is 54.9 Å². The largest absolute Gasteiger partial charge is 0.299 e. The van der Waals surface area contributed by atoms with E-state index < -0.39 is 0 Å². The molecule has 78 valence electrons. The van der Waals surface area contributed by atoms with Gasteiger partial charge in [-0.2, -0.15) is 0 Å². The number of carbonyl (C=O) groups is 1. The Morgan fingerprint density at radius 3 is 1.69 bits per heavy atom. The third-order valence-electron chi connectivity index (χ3n) is 2.81. The first-order valence-corrected chi connectivity index (χ1v) is 5.08. The van der Waals surface area contributed by atoms with Crippen LogP contribution in [0.15, 0.2) is 0 Å². The summed E-state index contributed by atoms with van der Waals surface area (Å²) < 4.78 is 0. The van der Waals surface area contributed by atoms with Crippen molar-refractivity contribution >= 4 is 5.78 Å². The molecule has 0 aliphatic heterocycles. The fourth-order valence-corrected chi connectivity index (χ4v) is 0.890. The van der Waals surface area contributed by atoms with Gasteiger partial charge < -0.3 is 0 Å². The summed E-state index contributed by atoms with van der Waals surface area (Å²) in [6, 6.07) is 0. The van der Waals surface area contributed by atoms with Crippen LogP contribution in [0.4, 0.5) is 0 Å². The maximum Gasteiger partial charge on any atom is 0.138 e. The van der Waals surface area contributed by atoms with Crippen LogP contribution in [0, 0.1) is 16.7 Å². The lowest BCUT2D eigenvalue weighted by Gasteiger charge is -2.29. The van der Waals surface area contributed by atoms with Gasteiger partial charge in [0.1, 0.15) is 5.78 Å². The summed E-state index contributed by atoms with van der Waals surface area (Å²) in [6.07, 6.45) is 0.701. The number of hydrogen-bond donors (Lipinski definition) is 0. The Kier molecular flexibility index (Phi) is 3.71. The maximum absolute atomic E-state index is 11.7. The Morgan fingerprint density at radius 1 is 1.08 bits per heavy atom. The van der Waals surface area contributed by atoms with Gasteiger partial charge in [0.25, 0.3) is 0 Å². The van der Waals surface area contributed by atoms with Crippen LogP contribution in [-0.2, 0) is 4.79 Å². The zero-order valence-corrected chi connectivity index (χ0v) is 10.2. The molecule has 0 rings (SSSR count). The van der Waals surface area contributed by atoms with Crippen LogP contribution < -0.4 is 0 Å². The number of ketones is 1. The summed E-state index contributed by atoms with van der Waals surface area (Å²) in [6.45, 7) is 14.7. The van der Waals surface area contributed by atoms with Crippen molar-refractivity contribution in [2.24, 2.45) is 16.7 Å². The third-order valence-corrected chi connectivity index (χ3v) is 2.81. The van der Waals surface area contributed by atoms with E-state index in [0.29, 0.717) is 18.1 Å². The molecule has 0 bridgehead atoms. The van der Waals surface area contributed by atoms with E-state index in [4.69, 9.17) is 0 Å². The van der Waals surface area contributed by atoms with Gasteiger partial charge in [-0.15, -0.1) is 0 Å². The van der Waals surface area contributed by atoms with Crippen molar-refractivity contribution in [2.75, 3.05) is 0 Å². The maximum atomic E-state index is 11.7. The van der Waals surface area contributed by atoms with Crippen molar-refractivity contribution < 1.29 is 4.79 Å². The molecule has 1 atom stereocenters. The van der Waals surface area contributed by atoms with Crippen molar-refractivity contribution in [1.29, 1.82) is 0 Å². The molecule has 0 aromatic carbocycles. The lowest BCUT2D eigenvalue weighted by atomic mass is 9.75. The predicted octanol–water partition coefficient (Wildman–Crippen LogP) is 3.67. The van der Waals surface area contributed by atoms with Crippen LogP contribution in [0.25, 0.3) is 0 Å². The Labute approximate surface area is 82.9 Å². The van der Waals surface area contributed by atoms with Gasteiger partial charge in [-0.25, -0.2) is 0 Å². The second kappa shape index (κ2) is 3.81. The molecule has 0 aliphatic rings. The molecule has 1 unspecified atom stereocenters. The molecule has 0 N–H and O–H groups in total.